The third kappa shape index (κ3) is 4.49. The molecule has 5 nitrogen and oxygen atoms in total. The van der Waals surface area contributed by atoms with E-state index in [2.05, 4.69) is 12.2 Å². The van der Waals surface area contributed by atoms with Gasteiger partial charge in [0.15, 0.2) is 0 Å². The first kappa shape index (κ1) is 16.0. The van der Waals surface area contributed by atoms with Crippen molar-refractivity contribution < 1.29 is 14.7 Å². The van der Waals surface area contributed by atoms with Crippen molar-refractivity contribution in [2.45, 2.75) is 51.0 Å². The molecule has 1 rings (SSSR count). The summed E-state index contributed by atoms with van der Waals surface area (Å²) in [5, 5.41) is 12.2. The summed E-state index contributed by atoms with van der Waals surface area (Å²) in [4.78, 5) is 25.3. The molecule has 0 aliphatic heterocycles. The van der Waals surface area contributed by atoms with Gasteiger partial charge in [-0.05, 0) is 45.7 Å². The van der Waals surface area contributed by atoms with E-state index in [0.717, 1.165) is 19.3 Å². The number of nitrogens with one attached hydrogen (secondary N) is 1. The van der Waals surface area contributed by atoms with E-state index in [-0.39, 0.29) is 5.91 Å². The van der Waals surface area contributed by atoms with Crippen molar-refractivity contribution in [3.05, 3.63) is 0 Å². The average molecular weight is 270 g/mol. The first-order valence-corrected chi connectivity index (χ1v) is 7.09. The summed E-state index contributed by atoms with van der Waals surface area (Å²) in [7, 11) is 3.79. The second-order valence-corrected chi connectivity index (χ2v) is 5.84. The Morgan fingerprint density at radius 3 is 2.32 bits per heavy atom. The number of hydrogen-bond acceptors (Lipinski definition) is 3. The van der Waals surface area contributed by atoms with Gasteiger partial charge in [-0.25, -0.2) is 4.79 Å². The predicted molar refractivity (Wildman–Crippen MR) is 73.9 cm³/mol. The topological polar surface area (TPSA) is 69.6 Å². The lowest BCUT2D eigenvalue weighted by Gasteiger charge is -2.37. The van der Waals surface area contributed by atoms with E-state index in [9.17, 15) is 14.7 Å². The van der Waals surface area contributed by atoms with E-state index in [0.29, 0.717) is 31.7 Å². The van der Waals surface area contributed by atoms with Crippen LogP contribution in [0.3, 0.4) is 0 Å². The SMILES string of the molecule is CCC1CCC(NC(=O)CCN(C)C)(C(=O)O)CC1. The van der Waals surface area contributed by atoms with E-state index >= 15 is 0 Å². The van der Waals surface area contributed by atoms with Crippen LogP contribution in [0.4, 0.5) is 0 Å². The van der Waals surface area contributed by atoms with Crippen LogP contribution in [0.2, 0.25) is 0 Å². The molecule has 0 saturated heterocycles. The van der Waals surface area contributed by atoms with E-state index in [1.165, 1.54) is 0 Å². The lowest BCUT2D eigenvalue weighted by Crippen LogP contribution is -2.56. The molecule has 1 saturated carbocycles. The Labute approximate surface area is 115 Å². The van der Waals surface area contributed by atoms with Gasteiger partial charge in [-0.3, -0.25) is 4.79 Å². The minimum Gasteiger partial charge on any atom is -0.480 e. The van der Waals surface area contributed by atoms with E-state index in [4.69, 9.17) is 0 Å². The molecule has 110 valence electrons. The molecule has 0 atom stereocenters. The fourth-order valence-electron chi connectivity index (χ4n) is 2.63. The molecule has 0 aromatic carbocycles. The number of carbonyl (C=O) groups excluding carboxylic acids is 1. The third-order valence-electron chi connectivity index (χ3n) is 4.11. The van der Waals surface area contributed by atoms with Crippen LogP contribution in [-0.2, 0) is 9.59 Å². The summed E-state index contributed by atoms with van der Waals surface area (Å²) in [5.74, 6) is -0.447. The van der Waals surface area contributed by atoms with Gasteiger partial charge < -0.3 is 15.3 Å². The Bertz CT molecular complexity index is 321. The molecule has 0 spiro atoms. The standard InChI is InChI=1S/C14H26N2O3/c1-4-11-5-8-14(9-6-11,13(18)19)15-12(17)7-10-16(2)3/h11H,4-10H2,1-3H3,(H,15,17)(H,18,19). The average Bonchev–Trinajstić information content (AvgIpc) is 2.37. The largest absolute Gasteiger partial charge is 0.480 e. The van der Waals surface area contributed by atoms with Crippen molar-refractivity contribution in [3.8, 4) is 0 Å². The second-order valence-electron chi connectivity index (χ2n) is 5.84. The molecule has 1 aliphatic rings. The molecule has 0 radical (unpaired) electrons. The van der Waals surface area contributed by atoms with Gasteiger partial charge in [-0.1, -0.05) is 13.3 Å². The van der Waals surface area contributed by atoms with Gasteiger partial charge in [-0.2, -0.15) is 0 Å². The molecule has 5 heteroatoms. The lowest BCUT2D eigenvalue weighted by atomic mass is 9.75. The third-order valence-corrected chi connectivity index (χ3v) is 4.11. The molecule has 2 N–H and O–H groups in total. The molecule has 0 heterocycles. The fourth-order valence-corrected chi connectivity index (χ4v) is 2.63. The molecule has 1 fully saturated rings. The van der Waals surface area contributed by atoms with Crippen LogP contribution in [0.25, 0.3) is 0 Å². The van der Waals surface area contributed by atoms with Gasteiger partial charge in [0.2, 0.25) is 5.91 Å². The summed E-state index contributed by atoms with van der Waals surface area (Å²) in [6.07, 6.45) is 4.31. The van der Waals surface area contributed by atoms with Crippen molar-refractivity contribution in [2.75, 3.05) is 20.6 Å². The fraction of sp³-hybridized carbons (Fsp3) is 0.857. The highest BCUT2D eigenvalue weighted by Gasteiger charge is 2.42. The van der Waals surface area contributed by atoms with Crippen molar-refractivity contribution >= 4 is 11.9 Å². The normalized spacial score (nSPS) is 27.3. The number of hydrogen-bond donors (Lipinski definition) is 2. The van der Waals surface area contributed by atoms with Crippen LogP contribution in [0.5, 0.6) is 0 Å². The number of aliphatic carboxylic acids is 1. The zero-order chi connectivity index (χ0) is 14.5. The maximum atomic E-state index is 11.9. The molecule has 1 aliphatic carbocycles. The van der Waals surface area contributed by atoms with Crippen molar-refractivity contribution in [1.29, 1.82) is 0 Å². The van der Waals surface area contributed by atoms with Crippen LogP contribution < -0.4 is 5.32 Å². The van der Waals surface area contributed by atoms with Crippen molar-refractivity contribution in [3.63, 3.8) is 0 Å². The second kappa shape index (κ2) is 6.89. The Kier molecular flexibility index (Phi) is 5.79. The number of carboxylic acids is 1. The van der Waals surface area contributed by atoms with Crippen molar-refractivity contribution in [1.82, 2.24) is 10.2 Å². The summed E-state index contributed by atoms with van der Waals surface area (Å²) in [5.41, 5.74) is -1.03. The summed E-state index contributed by atoms with van der Waals surface area (Å²) < 4.78 is 0. The smallest absolute Gasteiger partial charge is 0.329 e. The molecular formula is C14H26N2O3. The highest BCUT2D eigenvalue weighted by Crippen LogP contribution is 2.34. The van der Waals surface area contributed by atoms with Gasteiger partial charge in [0, 0.05) is 13.0 Å². The van der Waals surface area contributed by atoms with Crippen LogP contribution in [0, 0.1) is 5.92 Å². The monoisotopic (exact) mass is 270 g/mol. The number of carbonyl (C=O) groups is 2. The lowest BCUT2D eigenvalue weighted by molar-refractivity contribution is -0.149. The molecule has 0 aromatic heterocycles. The summed E-state index contributed by atoms with van der Waals surface area (Å²) >= 11 is 0. The van der Waals surface area contributed by atoms with E-state index in [1.807, 2.05) is 19.0 Å². The zero-order valence-electron chi connectivity index (χ0n) is 12.2. The molecular weight excluding hydrogens is 244 g/mol. The van der Waals surface area contributed by atoms with Gasteiger partial charge in [0.05, 0.1) is 0 Å². The predicted octanol–water partition coefficient (Wildman–Crippen LogP) is 1.48. The minimum atomic E-state index is -1.03. The van der Waals surface area contributed by atoms with Gasteiger partial charge in [-0.15, -0.1) is 0 Å². The maximum absolute atomic E-state index is 11.9. The van der Waals surface area contributed by atoms with Crippen LogP contribution in [0.1, 0.15) is 45.4 Å². The van der Waals surface area contributed by atoms with E-state index < -0.39 is 11.5 Å². The minimum absolute atomic E-state index is 0.161. The number of amides is 1. The molecule has 19 heavy (non-hydrogen) atoms. The van der Waals surface area contributed by atoms with Crippen molar-refractivity contribution in [2.24, 2.45) is 5.92 Å². The summed E-state index contributed by atoms with van der Waals surface area (Å²) in [6, 6.07) is 0. The van der Waals surface area contributed by atoms with Gasteiger partial charge in [0.25, 0.3) is 0 Å². The maximum Gasteiger partial charge on any atom is 0.329 e. The first-order chi connectivity index (χ1) is 8.89. The molecule has 0 bridgehead atoms. The quantitative estimate of drug-likeness (QED) is 0.767. The van der Waals surface area contributed by atoms with Gasteiger partial charge >= 0.3 is 5.97 Å². The Balaban J connectivity index is 2.58. The number of nitrogens with zero attached hydrogens (tertiary/aromatic N) is 1. The van der Waals surface area contributed by atoms with Crippen LogP contribution >= 0.6 is 0 Å². The molecule has 0 unspecified atom stereocenters. The highest BCUT2D eigenvalue weighted by molar-refractivity contribution is 5.87. The van der Waals surface area contributed by atoms with Gasteiger partial charge in [0.1, 0.15) is 5.54 Å². The van der Waals surface area contributed by atoms with Crippen LogP contribution in [-0.4, -0.2) is 48.1 Å². The number of rotatable bonds is 6. The van der Waals surface area contributed by atoms with E-state index in [1.54, 1.807) is 0 Å². The Morgan fingerprint density at radius 2 is 1.89 bits per heavy atom. The Hall–Kier alpha value is -1.10. The molecule has 1 amide bonds. The first-order valence-electron chi connectivity index (χ1n) is 7.09. The summed E-state index contributed by atoms with van der Waals surface area (Å²) in [6.45, 7) is 2.77. The molecule has 0 aromatic rings. The highest BCUT2D eigenvalue weighted by atomic mass is 16.4. The zero-order valence-corrected chi connectivity index (χ0v) is 12.2. The van der Waals surface area contributed by atoms with Crippen LogP contribution in [0.15, 0.2) is 0 Å². The number of carboxylic acid groups (broad SMARTS) is 1. The Morgan fingerprint density at radius 1 is 1.32 bits per heavy atom.